The fourth-order valence-corrected chi connectivity index (χ4v) is 2.09. The quantitative estimate of drug-likeness (QED) is 0.599. The number of hydrogen-bond acceptors (Lipinski definition) is 6. The molecule has 0 heterocycles. The second-order valence-electron chi connectivity index (χ2n) is 5.20. The predicted molar refractivity (Wildman–Crippen MR) is 88.1 cm³/mol. The van der Waals surface area contributed by atoms with E-state index in [2.05, 4.69) is 0 Å². The number of esters is 1. The molecule has 1 rings (SSSR count). The van der Waals surface area contributed by atoms with Crippen molar-refractivity contribution in [1.29, 1.82) is 0 Å². The number of amides is 1. The molecule has 24 heavy (non-hydrogen) atoms. The van der Waals surface area contributed by atoms with E-state index < -0.39 is 5.92 Å². The van der Waals surface area contributed by atoms with Crippen LogP contribution >= 0.6 is 0 Å². The molecule has 0 saturated carbocycles. The summed E-state index contributed by atoms with van der Waals surface area (Å²) in [5.41, 5.74) is 0. The van der Waals surface area contributed by atoms with Gasteiger partial charge in [0.15, 0.2) is 18.1 Å². The molecule has 1 unspecified atom stereocenters. The normalized spacial score (nSPS) is 11.5. The minimum absolute atomic E-state index is 0.155. The van der Waals surface area contributed by atoms with Crippen LogP contribution < -0.4 is 9.47 Å². The zero-order valence-corrected chi connectivity index (χ0v) is 14.6. The summed E-state index contributed by atoms with van der Waals surface area (Å²) in [4.78, 5) is 25.5. The lowest BCUT2D eigenvalue weighted by atomic mass is 10.1. The van der Waals surface area contributed by atoms with Crippen molar-refractivity contribution in [3.63, 3.8) is 0 Å². The molecule has 0 aliphatic rings. The van der Waals surface area contributed by atoms with E-state index in [9.17, 15) is 9.59 Å². The maximum atomic E-state index is 12.4. The van der Waals surface area contributed by atoms with E-state index in [4.69, 9.17) is 18.9 Å². The Labute approximate surface area is 142 Å². The fraction of sp³-hybridized carbons (Fsp3) is 0.529. The molecule has 1 atom stereocenters. The Morgan fingerprint density at radius 1 is 1.12 bits per heavy atom. The lowest BCUT2D eigenvalue weighted by molar-refractivity contribution is -0.146. The largest absolute Gasteiger partial charge is 0.493 e. The zero-order chi connectivity index (χ0) is 17.9. The Morgan fingerprint density at radius 3 is 2.38 bits per heavy atom. The zero-order valence-electron chi connectivity index (χ0n) is 14.6. The van der Waals surface area contributed by atoms with Crippen molar-refractivity contribution in [3.8, 4) is 11.5 Å². The lowest BCUT2D eigenvalue weighted by Gasteiger charge is -2.25. The summed E-state index contributed by atoms with van der Waals surface area (Å²) in [5, 5.41) is 0. The Balaban J connectivity index is 2.68. The van der Waals surface area contributed by atoms with Crippen molar-refractivity contribution in [1.82, 2.24) is 4.90 Å². The number of methoxy groups -OCH3 is 3. The molecule has 1 aromatic carbocycles. The molecule has 0 aliphatic heterocycles. The molecule has 0 aliphatic carbocycles. The van der Waals surface area contributed by atoms with Gasteiger partial charge in [-0.2, -0.15) is 0 Å². The first-order chi connectivity index (χ1) is 11.5. The molecule has 0 bridgehead atoms. The minimum Gasteiger partial charge on any atom is -0.493 e. The summed E-state index contributed by atoms with van der Waals surface area (Å²) in [6.45, 7) is 2.53. The van der Waals surface area contributed by atoms with Gasteiger partial charge < -0.3 is 23.8 Å². The number of hydrogen-bond donors (Lipinski definition) is 0. The number of nitrogens with zero attached hydrogens (tertiary/aromatic N) is 1. The first-order valence-corrected chi connectivity index (χ1v) is 7.63. The summed E-state index contributed by atoms with van der Waals surface area (Å²) in [6.07, 6.45) is 0. The van der Waals surface area contributed by atoms with E-state index in [1.54, 1.807) is 32.2 Å². The van der Waals surface area contributed by atoms with Crippen LogP contribution in [0.3, 0.4) is 0 Å². The van der Waals surface area contributed by atoms with Gasteiger partial charge in [0.25, 0.3) is 5.91 Å². The Morgan fingerprint density at radius 2 is 1.79 bits per heavy atom. The molecule has 1 amide bonds. The molecule has 0 spiro atoms. The van der Waals surface area contributed by atoms with Crippen molar-refractivity contribution in [2.24, 2.45) is 5.92 Å². The summed E-state index contributed by atoms with van der Waals surface area (Å²) >= 11 is 0. The van der Waals surface area contributed by atoms with Gasteiger partial charge in [-0.3, -0.25) is 9.59 Å². The molecule has 1 aromatic rings. The third-order valence-electron chi connectivity index (χ3n) is 3.44. The fourth-order valence-electron chi connectivity index (χ4n) is 2.09. The van der Waals surface area contributed by atoms with E-state index in [1.807, 2.05) is 6.07 Å². The second-order valence-corrected chi connectivity index (χ2v) is 5.20. The van der Waals surface area contributed by atoms with Crippen molar-refractivity contribution in [3.05, 3.63) is 24.3 Å². The molecule has 0 radical (unpaired) electrons. The van der Waals surface area contributed by atoms with E-state index in [-0.39, 0.29) is 25.0 Å². The summed E-state index contributed by atoms with van der Waals surface area (Å²) in [6, 6.07) is 7.09. The average molecular weight is 339 g/mol. The third-order valence-corrected chi connectivity index (χ3v) is 3.44. The second kappa shape index (κ2) is 10.5. The average Bonchev–Trinajstić information content (AvgIpc) is 2.62. The van der Waals surface area contributed by atoms with E-state index in [0.29, 0.717) is 24.7 Å². The molecular formula is C17H25NO6. The maximum Gasteiger partial charge on any atom is 0.310 e. The Bertz CT molecular complexity index is 534. The highest BCUT2D eigenvalue weighted by Gasteiger charge is 2.22. The van der Waals surface area contributed by atoms with Crippen LogP contribution in [-0.2, 0) is 19.1 Å². The summed E-state index contributed by atoms with van der Waals surface area (Å²) < 4.78 is 20.4. The standard InChI is InChI=1S/C17H25NO6/c1-13(17(20)23-4)11-18(9-10-21-2)16(19)12-24-15-8-6-5-7-14(15)22-3/h5-8,13H,9-12H2,1-4H3. The monoisotopic (exact) mass is 339 g/mol. The molecule has 134 valence electrons. The summed E-state index contributed by atoms with van der Waals surface area (Å²) in [7, 11) is 4.41. The van der Waals surface area contributed by atoms with Crippen LogP contribution in [0.25, 0.3) is 0 Å². The number of benzene rings is 1. The van der Waals surface area contributed by atoms with Crippen molar-refractivity contribution in [2.45, 2.75) is 6.92 Å². The third kappa shape index (κ3) is 6.08. The van der Waals surface area contributed by atoms with Crippen LogP contribution in [0.15, 0.2) is 24.3 Å². The van der Waals surface area contributed by atoms with Gasteiger partial charge in [-0.25, -0.2) is 0 Å². The highest BCUT2D eigenvalue weighted by molar-refractivity contribution is 5.79. The van der Waals surface area contributed by atoms with Gasteiger partial charge in [0.2, 0.25) is 0 Å². The van der Waals surface area contributed by atoms with Crippen molar-refractivity contribution >= 4 is 11.9 Å². The highest BCUT2D eigenvalue weighted by atomic mass is 16.5. The van der Waals surface area contributed by atoms with Crippen LogP contribution in [0.2, 0.25) is 0 Å². The number of para-hydroxylation sites is 2. The molecular weight excluding hydrogens is 314 g/mol. The van der Waals surface area contributed by atoms with Gasteiger partial charge in [0.05, 0.1) is 26.7 Å². The van der Waals surface area contributed by atoms with Crippen LogP contribution in [0.1, 0.15) is 6.92 Å². The van der Waals surface area contributed by atoms with Gasteiger partial charge in [0.1, 0.15) is 0 Å². The smallest absolute Gasteiger partial charge is 0.310 e. The van der Waals surface area contributed by atoms with E-state index in [0.717, 1.165) is 0 Å². The molecule has 0 saturated heterocycles. The first-order valence-electron chi connectivity index (χ1n) is 7.63. The molecule has 7 heteroatoms. The van der Waals surface area contributed by atoms with Crippen LogP contribution in [0.5, 0.6) is 11.5 Å². The SMILES string of the molecule is COCCN(CC(C)C(=O)OC)C(=O)COc1ccccc1OC. The van der Waals surface area contributed by atoms with Gasteiger partial charge in [-0.05, 0) is 12.1 Å². The lowest BCUT2D eigenvalue weighted by Crippen LogP contribution is -2.41. The van der Waals surface area contributed by atoms with Crippen LogP contribution in [0.4, 0.5) is 0 Å². The molecule has 7 nitrogen and oxygen atoms in total. The number of carbonyl (C=O) groups is 2. The topological polar surface area (TPSA) is 74.3 Å². The van der Waals surface area contributed by atoms with Crippen molar-refractivity contribution in [2.75, 3.05) is 47.6 Å². The number of rotatable bonds is 10. The van der Waals surface area contributed by atoms with Gasteiger partial charge in [0, 0.05) is 20.2 Å². The predicted octanol–water partition coefficient (Wildman–Crippen LogP) is 1.36. The van der Waals surface area contributed by atoms with Gasteiger partial charge in [-0.15, -0.1) is 0 Å². The van der Waals surface area contributed by atoms with Crippen LogP contribution in [0, 0.1) is 5.92 Å². The van der Waals surface area contributed by atoms with Gasteiger partial charge >= 0.3 is 5.97 Å². The highest BCUT2D eigenvalue weighted by Crippen LogP contribution is 2.25. The van der Waals surface area contributed by atoms with Gasteiger partial charge in [-0.1, -0.05) is 19.1 Å². The minimum atomic E-state index is -0.429. The number of carbonyl (C=O) groups excluding carboxylic acids is 2. The maximum absolute atomic E-state index is 12.4. The molecule has 0 fully saturated rings. The van der Waals surface area contributed by atoms with Crippen LogP contribution in [-0.4, -0.2) is 64.4 Å². The summed E-state index contributed by atoms with van der Waals surface area (Å²) in [5.74, 6) is 0.00405. The molecule has 0 N–H and O–H groups in total. The number of ether oxygens (including phenoxy) is 4. The first kappa shape index (κ1) is 19.8. The Hall–Kier alpha value is -2.28. The van der Waals surface area contributed by atoms with E-state index >= 15 is 0 Å². The van der Waals surface area contributed by atoms with Crippen molar-refractivity contribution < 1.29 is 28.5 Å². The Kier molecular flexibility index (Phi) is 8.64. The molecule has 0 aromatic heterocycles. The van der Waals surface area contributed by atoms with E-state index in [1.165, 1.54) is 19.1 Å².